The predicted octanol–water partition coefficient (Wildman–Crippen LogP) is 3.10. The Bertz CT molecular complexity index is 664. The van der Waals surface area contributed by atoms with Crippen molar-refractivity contribution in [2.45, 2.75) is 20.8 Å². The van der Waals surface area contributed by atoms with Gasteiger partial charge in [0, 0.05) is 25.9 Å². The van der Waals surface area contributed by atoms with Crippen molar-refractivity contribution in [1.29, 1.82) is 0 Å². The summed E-state index contributed by atoms with van der Waals surface area (Å²) < 4.78 is 7.53. The molecule has 1 aliphatic rings. The topological polar surface area (TPSA) is 47.4 Å². The van der Waals surface area contributed by atoms with Crippen LogP contribution in [0.4, 0.5) is 5.69 Å². The van der Waals surface area contributed by atoms with Crippen molar-refractivity contribution in [3.8, 4) is 17.0 Å². The highest BCUT2D eigenvalue weighted by atomic mass is 16.5. The summed E-state index contributed by atoms with van der Waals surface area (Å²) in [5, 5.41) is 4.17. The van der Waals surface area contributed by atoms with Crippen molar-refractivity contribution in [3.63, 3.8) is 0 Å². The van der Waals surface area contributed by atoms with Gasteiger partial charge in [-0.3, -0.25) is 9.48 Å². The molecule has 5 nitrogen and oxygen atoms in total. The summed E-state index contributed by atoms with van der Waals surface area (Å²) in [4.78, 5) is 13.9. The van der Waals surface area contributed by atoms with Crippen molar-refractivity contribution < 1.29 is 9.53 Å². The van der Waals surface area contributed by atoms with Crippen LogP contribution in [0.5, 0.6) is 5.75 Å². The number of aryl methyl sites for hydroxylation is 1. The number of anilines is 1. The summed E-state index contributed by atoms with van der Waals surface area (Å²) in [7, 11) is 3.69. The molecule has 1 unspecified atom stereocenters. The van der Waals surface area contributed by atoms with Gasteiger partial charge >= 0.3 is 0 Å². The highest BCUT2D eigenvalue weighted by Crippen LogP contribution is 2.35. The lowest BCUT2D eigenvalue weighted by molar-refractivity contribution is -0.122. The maximum atomic E-state index is 12.2. The lowest BCUT2D eigenvalue weighted by Gasteiger charge is -2.18. The first kappa shape index (κ1) is 16.1. The second-order valence-electron chi connectivity index (χ2n) is 5.13. The molecule has 1 aromatic heterocycles. The zero-order valence-electron chi connectivity index (χ0n) is 13.8. The molecule has 0 N–H and O–H groups in total. The molecule has 1 aliphatic heterocycles. The molecular formula is C17H23N3O2. The van der Waals surface area contributed by atoms with Crippen LogP contribution >= 0.6 is 0 Å². The van der Waals surface area contributed by atoms with E-state index in [1.165, 1.54) is 0 Å². The third-order valence-corrected chi connectivity index (χ3v) is 3.68. The molecule has 5 heteroatoms. The molecule has 0 saturated carbocycles. The van der Waals surface area contributed by atoms with Crippen molar-refractivity contribution in [3.05, 3.63) is 30.5 Å². The van der Waals surface area contributed by atoms with Crippen LogP contribution in [-0.4, -0.2) is 29.3 Å². The van der Waals surface area contributed by atoms with Crippen molar-refractivity contribution in [2.75, 3.05) is 18.6 Å². The largest absolute Gasteiger partial charge is 0.491 e. The Morgan fingerprint density at radius 3 is 2.59 bits per heavy atom. The second-order valence-corrected chi connectivity index (χ2v) is 5.13. The Kier molecular flexibility index (Phi) is 4.85. The quantitative estimate of drug-likeness (QED) is 0.813. The van der Waals surface area contributed by atoms with Crippen LogP contribution in [0.15, 0.2) is 30.5 Å². The Morgan fingerprint density at radius 1 is 1.23 bits per heavy atom. The van der Waals surface area contributed by atoms with Crippen LogP contribution in [0.3, 0.4) is 0 Å². The number of benzene rings is 1. The van der Waals surface area contributed by atoms with E-state index < -0.39 is 0 Å². The summed E-state index contributed by atoms with van der Waals surface area (Å²) in [5.41, 5.74) is 2.82. The Morgan fingerprint density at radius 2 is 1.95 bits per heavy atom. The summed E-state index contributed by atoms with van der Waals surface area (Å²) >= 11 is 0. The number of rotatable bonds is 1. The molecule has 2 heterocycles. The van der Waals surface area contributed by atoms with Gasteiger partial charge in [0.1, 0.15) is 5.75 Å². The van der Waals surface area contributed by atoms with Crippen LogP contribution < -0.4 is 9.64 Å². The molecule has 0 aliphatic carbocycles. The van der Waals surface area contributed by atoms with Gasteiger partial charge in [-0.05, 0) is 24.3 Å². The molecule has 1 atom stereocenters. The SMILES string of the molecule is CC.CC1COc2ccc(-c3ccnn3C)cc2N(C)C1=O. The van der Waals surface area contributed by atoms with Crippen LogP contribution in [0.2, 0.25) is 0 Å². The molecule has 0 bridgehead atoms. The van der Waals surface area contributed by atoms with E-state index in [9.17, 15) is 4.79 Å². The van der Waals surface area contributed by atoms with Gasteiger partial charge in [-0.15, -0.1) is 0 Å². The lowest BCUT2D eigenvalue weighted by atomic mass is 10.1. The number of carbonyl (C=O) groups excluding carboxylic acids is 1. The average Bonchev–Trinajstić information content (AvgIpc) is 2.95. The summed E-state index contributed by atoms with van der Waals surface area (Å²) in [6.07, 6.45) is 1.76. The molecule has 3 rings (SSSR count). The fourth-order valence-corrected chi connectivity index (χ4v) is 2.45. The molecule has 0 saturated heterocycles. The third kappa shape index (κ3) is 2.84. The zero-order chi connectivity index (χ0) is 16.3. The van der Waals surface area contributed by atoms with E-state index in [1.807, 2.05) is 56.8 Å². The van der Waals surface area contributed by atoms with Gasteiger partial charge in [0.25, 0.3) is 0 Å². The molecule has 0 radical (unpaired) electrons. The highest BCUT2D eigenvalue weighted by Gasteiger charge is 2.26. The van der Waals surface area contributed by atoms with Crippen LogP contribution in [0.1, 0.15) is 20.8 Å². The normalized spacial score (nSPS) is 17.0. The number of hydrogen-bond acceptors (Lipinski definition) is 3. The van der Waals surface area contributed by atoms with Crippen molar-refractivity contribution in [1.82, 2.24) is 9.78 Å². The fraction of sp³-hybridized carbons (Fsp3) is 0.412. The molecular weight excluding hydrogens is 278 g/mol. The average molecular weight is 301 g/mol. The van der Waals surface area contributed by atoms with E-state index >= 15 is 0 Å². The highest BCUT2D eigenvalue weighted by molar-refractivity contribution is 5.97. The molecule has 1 amide bonds. The molecule has 0 spiro atoms. The van der Waals surface area contributed by atoms with Gasteiger partial charge in [0.2, 0.25) is 5.91 Å². The summed E-state index contributed by atoms with van der Waals surface area (Å²) in [6.45, 7) is 6.30. The Hall–Kier alpha value is -2.30. The van der Waals surface area contributed by atoms with Gasteiger partial charge in [-0.1, -0.05) is 20.8 Å². The first-order valence-electron chi connectivity index (χ1n) is 7.60. The molecule has 2 aromatic rings. The monoisotopic (exact) mass is 301 g/mol. The van der Waals surface area contributed by atoms with Gasteiger partial charge in [-0.2, -0.15) is 5.10 Å². The number of amides is 1. The van der Waals surface area contributed by atoms with E-state index in [-0.39, 0.29) is 11.8 Å². The first-order chi connectivity index (χ1) is 10.6. The van der Waals surface area contributed by atoms with E-state index in [0.717, 1.165) is 22.7 Å². The minimum absolute atomic E-state index is 0.0749. The maximum absolute atomic E-state index is 12.2. The number of hydrogen-bond donors (Lipinski definition) is 0. The lowest BCUT2D eigenvalue weighted by Crippen LogP contribution is -2.31. The minimum Gasteiger partial charge on any atom is -0.491 e. The van der Waals surface area contributed by atoms with Crippen LogP contribution in [-0.2, 0) is 11.8 Å². The van der Waals surface area contributed by atoms with Crippen molar-refractivity contribution in [2.24, 2.45) is 13.0 Å². The van der Waals surface area contributed by atoms with Gasteiger partial charge in [-0.25, -0.2) is 0 Å². The molecule has 118 valence electrons. The van der Waals surface area contributed by atoms with Crippen LogP contribution in [0, 0.1) is 5.92 Å². The smallest absolute Gasteiger partial charge is 0.233 e. The second kappa shape index (κ2) is 6.64. The number of aromatic nitrogens is 2. The zero-order valence-corrected chi connectivity index (χ0v) is 13.8. The van der Waals surface area contributed by atoms with E-state index in [2.05, 4.69) is 5.10 Å². The number of nitrogens with zero attached hydrogens (tertiary/aromatic N) is 3. The number of ether oxygens (including phenoxy) is 1. The summed E-state index contributed by atoms with van der Waals surface area (Å²) in [5.74, 6) is 0.689. The maximum Gasteiger partial charge on any atom is 0.233 e. The van der Waals surface area contributed by atoms with Gasteiger partial charge < -0.3 is 9.64 Å². The van der Waals surface area contributed by atoms with Crippen molar-refractivity contribution >= 4 is 11.6 Å². The van der Waals surface area contributed by atoms with E-state index in [4.69, 9.17) is 4.74 Å². The standard InChI is InChI=1S/C15H17N3O2.C2H6/c1-10-9-20-14-5-4-11(12-6-7-16-18(12)3)8-13(14)17(2)15(10)19;1-2/h4-8,10H,9H2,1-3H3;1-2H3. The van der Waals surface area contributed by atoms with E-state index in [0.29, 0.717) is 6.61 Å². The van der Waals surface area contributed by atoms with Gasteiger partial charge in [0.15, 0.2) is 0 Å². The molecule has 0 fully saturated rings. The van der Waals surface area contributed by atoms with Gasteiger partial charge in [0.05, 0.1) is 23.9 Å². The molecule has 22 heavy (non-hydrogen) atoms. The minimum atomic E-state index is -0.132. The Balaban J connectivity index is 0.000000847. The Labute approximate surface area is 131 Å². The number of fused-ring (bicyclic) bond motifs is 1. The third-order valence-electron chi connectivity index (χ3n) is 3.68. The van der Waals surface area contributed by atoms with Crippen LogP contribution in [0.25, 0.3) is 11.3 Å². The predicted molar refractivity (Wildman–Crippen MR) is 88.1 cm³/mol. The summed E-state index contributed by atoms with van der Waals surface area (Å²) in [6, 6.07) is 7.83. The number of carbonyl (C=O) groups is 1. The fourth-order valence-electron chi connectivity index (χ4n) is 2.45. The first-order valence-corrected chi connectivity index (χ1v) is 7.60. The van der Waals surface area contributed by atoms with E-state index in [1.54, 1.807) is 18.1 Å². The molecule has 1 aromatic carbocycles.